The van der Waals surface area contributed by atoms with Crippen LogP contribution in [-0.2, 0) is 14.8 Å². The average Bonchev–Trinajstić information content (AvgIpc) is 3.06. The number of nitrogens with zero attached hydrogens (tertiary/aromatic N) is 1. The van der Waals surface area contributed by atoms with Crippen molar-refractivity contribution < 1.29 is 18.3 Å². The van der Waals surface area contributed by atoms with Gasteiger partial charge in [0.15, 0.2) is 0 Å². The van der Waals surface area contributed by atoms with Gasteiger partial charge in [0, 0.05) is 0 Å². The Kier molecular flexibility index (Phi) is 3.38. The van der Waals surface area contributed by atoms with E-state index < -0.39 is 21.5 Å². The van der Waals surface area contributed by atoms with E-state index in [0.717, 1.165) is 11.3 Å². The Morgan fingerprint density at radius 2 is 2.21 bits per heavy atom. The number of hydrogen-bond acceptors (Lipinski definition) is 5. The highest BCUT2D eigenvalue weighted by Gasteiger charge is 2.50. The van der Waals surface area contributed by atoms with Crippen molar-refractivity contribution in [1.82, 2.24) is 4.72 Å². The van der Waals surface area contributed by atoms with Gasteiger partial charge < -0.3 is 5.11 Å². The second-order valence-corrected chi connectivity index (χ2v) is 7.61. The van der Waals surface area contributed by atoms with Crippen LogP contribution < -0.4 is 4.72 Å². The first-order chi connectivity index (χ1) is 8.79. The number of aliphatic carboxylic acids is 1. The zero-order valence-corrected chi connectivity index (χ0v) is 11.7. The molecule has 0 aliphatic heterocycles. The molecule has 2 N–H and O–H groups in total. The Bertz CT molecular complexity index is 654. The summed E-state index contributed by atoms with van der Waals surface area (Å²) < 4.78 is 26.5. The van der Waals surface area contributed by atoms with Gasteiger partial charge in [-0.25, -0.2) is 8.42 Å². The molecular formula is C11H12N2O4S2. The van der Waals surface area contributed by atoms with Crippen LogP contribution in [-0.4, -0.2) is 25.0 Å². The molecule has 1 atom stereocenters. The summed E-state index contributed by atoms with van der Waals surface area (Å²) in [4.78, 5) is 11.6. The van der Waals surface area contributed by atoms with Gasteiger partial charge in [-0.3, -0.25) is 4.79 Å². The molecule has 0 radical (unpaired) electrons. The first-order valence-corrected chi connectivity index (χ1v) is 7.87. The molecule has 1 aliphatic rings. The van der Waals surface area contributed by atoms with Crippen LogP contribution in [0, 0.1) is 17.2 Å². The van der Waals surface area contributed by atoms with Crippen molar-refractivity contribution in [3.63, 3.8) is 0 Å². The van der Waals surface area contributed by atoms with Crippen LogP contribution in [0.1, 0.15) is 24.6 Å². The summed E-state index contributed by atoms with van der Waals surface area (Å²) in [6.07, 6.45) is 1.39. The van der Waals surface area contributed by atoms with Crippen molar-refractivity contribution >= 4 is 27.3 Å². The smallest absolute Gasteiger partial charge is 0.324 e. The minimum absolute atomic E-state index is 0.0443. The number of rotatable bonds is 5. The topological polar surface area (TPSA) is 107 Å². The molecule has 0 saturated heterocycles. The van der Waals surface area contributed by atoms with Crippen LogP contribution in [0.15, 0.2) is 16.3 Å². The van der Waals surface area contributed by atoms with Crippen LogP contribution in [0.25, 0.3) is 0 Å². The van der Waals surface area contributed by atoms with Gasteiger partial charge in [0.25, 0.3) is 10.0 Å². The highest BCUT2D eigenvalue weighted by atomic mass is 32.2. The minimum atomic E-state index is -3.92. The van der Waals surface area contributed by atoms with Crippen LogP contribution in [0.3, 0.4) is 0 Å². The molecule has 1 heterocycles. The van der Waals surface area contributed by atoms with Crippen LogP contribution in [0.2, 0.25) is 0 Å². The Balaban J connectivity index is 2.30. The van der Waals surface area contributed by atoms with Gasteiger partial charge >= 0.3 is 5.97 Å². The van der Waals surface area contributed by atoms with Crippen molar-refractivity contribution in [1.29, 1.82) is 5.26 Å². The Morgan fingerprint density at radius 1 is 1.58 bits per heavy atom. The fourth-order valence-electron chi connectivity index (χ4n) is 1.82. The predicted molar refractivity (Wildman–Crippen MR) is 68.1 cm³/mol. The third-order valence-corrected chi connectivity index (χ3v) is 6.19. The third-order valence-electron chi connectivity index (χ3n) is 3.14. The van der Waals surface area contributed by atoms with Crippen molar-refractivity contribution in [3.8, 4) is 6.07 Å². The molecule has 0 spiro atoms. The highest BCUT2D eigenvalue weighted by Crippen LogP contribution is 2.40. The van der Waals surface area contributed by atoms with E-state index in [1.807, 2.05) is 6.07 Å². The van der Waals surface area contributed by atoms with E-state index in [1.54, 1.807) is 0 Å². The average molecular weight is 300 g/mol. The number of sulfonamides is 1. The minimum Gasteiger partial charge on any atom is -0.480 e. The van der Waals surface area contributed by atoms with Gasteiger partial charge in [-0.2, -0.15) is 9.98 Å². The lowest BCUT2D eigenvalue weighted by Crippen LogP contribution is -2.53. The van der Waals surface area contributed by atoms with Crippen LogP contribution in [0.5, 0.6) is 0 Å². The van der Waals surface area contributed by atoms with E-state index in [9.17, 15) is 18.3 Å². The van der Waals surface area contributed by atoms with Gasteiger partial charge in [-0.05, 0) is 37.8 Å². The molecule has 19 heavy (non-hydrogen) atoms. The fourth-order valence-corrected chi connectivity index (χ4v) is 4.34. The van der Waals surface area contributed by atoms with Crippen molar-refractivity contribution in [2.75, 3.05) is 0 Å². The number of nitrogens with one attached hydrogen (secondary N) is 1. The molecular weight excluding hydrogens is 288 g/mol. The molecule has 0 aromatic carbocycles. The monoisotopic (exact) mass is 300 g/mol. The molecule has 0 amide bonds. The van der Waals surface area contributed by atoms with Crippen molar-refractivity contribution in [2.45, 2.75) is 29.5 Å². The molecule has 1 unspecified atom stereocenters. The SMILES string of the molecule is CC(NS(=O)(=O)c1ccc(C#N)s1)(C(=O)O)C1CC1. The quantitative estimate of drug-likeness (QED) is 0.848. The lowest BCUT2D eigenvalue weighted by atomic mass is 9.98. The zero-order valence-electron chi connectivity index (χ0n) is 10.1. The number of nitriles is 1. The molecule has 6 nitrogen and oxygen atoms in total. The second-order valence-electron chi connectivity index (χ2n) is 4.62. The van der Waals surface area contributed by atoms with E-state index in [2.05, 4.69) is 4.72 Å². The highest BCUT2D eigenvalue weighted by molar-refractivity contribution is 7.91. The summed E-state index contributed by atoms with van der Waals surface area (Å²) in [5.74, 6) is -1.37. The standard InChI is InChI=1S/C11H12N2O4S2/c1-11(10(14)15,7-2-3-7)13-19(16,17)9-5-4-8(6-12)18-9/h4-5,7,13H,2-3H2,1H3,(H,14,15). The van der Waals surface area contributed by atoms with E-state index in [-0.39, 0.29) is 15.0 Å². The molecule has 1 fully saturated rings. The maximum atomic E-state index is 12.1. The first kappa shape index (κ1) is 14.0. The predicted octanol–water partition coefficient (Wildman–Crippen LogP) is 1.15. The molecule has 0 bridgehead atoms. The normalized spacial score (nSPS) is 18.5. The first-order valence-electron chi connectivity index (χ1n) is 5.57. The Labute approximate surface area is 114 Å². The number of carboxylic acids is 1. The van der Waals surface area contributed by atoms with Gasteiger partial charge in [0.05, 0.1) is 0 Å². The zero-order chi connectivity index (χ0) is 14.3. The summed E-state index contributed by atoms with van der Waals surface area (Å²) in [6, 6.07) is 4.55. The lowest BCUT2D eigenvalue weighted by molar-refractivity contribution is -0.144. The molecule has 1 aromatic rings. The van der Waals surface area contributed by atoms with Crippen LogP contribution >= 0.6 is 11.3 Å². The second kappa shape index (κ2) is 4.59. The van der Waals surface area contributed by atoms with E-state index >= 15 is 0 Å². The van der Waals surface area contributed by atoms with Crippen LogP contribution in [0.4, 0.5) is 0 Å². The summed E-state index contributed by atoms with van der Waals surface area (Å²) >= 11 is 0.820. The number of thiophene rings is 1. The van der Waals surface area contributed by atoms with Gasteiger partial charge in [-0.15, -0.1) is 11.3 Å². The Morgan fingerprint density at radius 3 is 2.63 bits per heavy atom. The summed E-state index contributed by atoms with van der Waals surface area (Å²) in [5.41, 5.74) is -1.49. The van der Waals surface area contributed by atoms with Gasteiger partial charge in [0.2, 0.25) is 0 Å². The fraction of sp³-hybridized carbons (Fsp3) is 0.455. The molecule has 8 heteroatoms. The summed E-state index contributed by atoms with van der Waals surface area (Å²) in [7, 11) is -3.92. The molecule has 102 valence electrons. The van der Waals surface area contributed by atoms with E-state index in [1.165, 1.54) is 19.1 Å². The molecule has 2 rings (SSSR count). The maximum absolute atomic E-state index is 12.1. The Hall–Kier alpha value is -1.43. The van der Waals surface area contributed by atoms with E-state index in [0.29, 0.717) is 12.8 Å². The number of hydrogen-bond donors (Lipinski definition) is 2. The largest absolute Gasteiger partial charge is 0.480 e. The van der Waals surface area contributed by atoms with Gasteiger partial charge in [0.1, 0.15) is 20.7 Å². The number of carbonyl (C=O) groups is 1. The van der Waals surface area contributed by atoms with Crippen molar-refractivity contribution in [2.24, 2.45) is 5.92 Å². The third kappa shape index (κ3) is 2.63. The lowest BCUT2D eigenvalue weighted by Gasteiger charge is -2.25. The van der Waals surface area contributed by atoms with E-state index in [4.69, 9.17) is 5.26 Å². The number of carboxylic acid groups (broad SMARTS) is 1. The maximum Gasteiger partial charge on any atom is 0.324 e. The van der Waals surface area contributed by atoms with Gasteiger partial charge in [-0.1, -0.05) is 0 Å². The molecule has 1 aromatic heterocycles. The van der Waals surface area contributed by atoms with Crippen molar-refractivity contribution in [3.05, 3.63) is 17.0 Å². The molecule has 1 aliphatic carbocycles. The summed E-state index contributed by atoms with van der Waals surface area (Å²) in [6.45, 7) is 1.38. The molecule has 1 saturated carbocycles. The summed E-state index contributed by atoms with van der Waals surface area (Å²) in [5, 5.41) is 17.9.